The Morgan fingerprint density at radius 2 is 2.15 bits per heavy atom. The molecule has 74 valence electrons. The van der Waals surface area contributed by atoms with Crippen LogP contribution in [0, 0.1) is 17.3 Å². The van der Waals surface area contributed by atoms with Gasteiger partial charge < -0.3 is 5.11 Å². The highest BCUT2D eigenvalue weighted by atomic mass is 16.3. The van der Waals surface area contributed by atoms with E-state index in [1.165, 1.54) is 0 Å². The monoisotopic (exact) mass is 182 g/mol. The third-order valence-corrected chi connectivity index (χ3v) is 4.12. The summed E-state index contributed by atoms with van der Waals surface area (Å²) >= 11 is 0. The average Bonchev–Trinajstić information content (AvgIpc) is 2.50. The molecule has 2 fully saturated rings. The number of rotatable bonds is 1. The van der Waals surface area contributed by atoms with Crippen molar-refractivity contribution in [3.63, 3.8) is 0 Å². The van der Waals surface area contributed by atoms with Crippen molar-refractivity contribution in [1.29, 1.82) is 0 Å². The number of hydrogen-bond acceptors (Lipinski definition) is 2. The standard InChI is InChI=1S/C11H18O2/c1-7(2)10-5-4-8(3)6-11(10,13)9(10)12/h7-8,13H,4-6H2,1-3H3/t8-,10-,11+/m1/s1. The second kappa shape index (κ2) is 2.35. The van der Waals surface area contributed by atoms with Crippen LogP contribution in [-0.2, 0) is 4.79 Å². The maximum Gasteiger partial charge on any atom is 0.175 e. The van der Waals surface area contributed by atoms with Gasteiger partial charge in [0.05, 0.1) is 5.41 Å². The van der Waals surface area contributed by atoms with E-state index in [1.54, 1.807) is 0 Å². The molecule has 2 heteroatoms. The molecular formula is C11H18O2. The lowest BCUT2D eigenvalue weighted by atomic mass is 9.75. The quantitative estimate of drug-likeness (QED) is 0.671. The van der Waals surface area contributed by atoms with Gasteiger partial charge in [-0.15, -0.1) is 0 Å². The molecule has 0 unspecified atom stereocenters. The van der Waals surface area contributed by atoms with Gasteiger partial charge in [-0.05, 0) is 31.1 Å². The first-order valence-corrected chi connectivity index (χ1v) is 5.22. The molecule has 2 saturated carbocycles. The molecule has 0 spiro atoms. The smallest absolute Gasteiger partial charge is 0.175 e. The van der Waals surface area contributed by atoms with Gasteiger partial charge in [0.1, 0.15) is 5.60 Å². The summed E-state index contributed by atoms with van der Waals surface area (Å²) in [6, 6.07) is 0. The molecule has 0 bridgehead atoms. The summed E-state index contributed by atoms with van der Waals surface area (Å²) < 4.78 is 0. The van der Waals surface area contributed by atoms with Crippen molar-refractivity contribution in [2.24, 2.45) is 17.3 Å². The fourth-order valence-corrected chi connectivity index (χ4v) is 3.19. The van der Waals surface area contributed by atoms with E-state index in [1.807, 2.05) is 13.8 Å². The molecule has 0 saturated heterocycles. The van der Waals surface area contributed by atoms with Crippen molar-refractivity contribution in [2.75, 3.05) is 0 Å². The highest BCUT2D eigenvalue weighted by Gasteiger charge is 2.78. The number of Topliss-reactive ketones (excluding diaryl/α,β-unsaturated/α-hetero) is 1. The van der Waals surface area contributed by atoms with E-state index in [4.69, 9.17) is 0 Å². The van der Waals surface area contributed by atoms with Crippen LogP contribution in [0.3, 0.4) is 0 Å². The second-order valence-corrected chi connectivity index (χ2v) is 5.16. The molecule has 0 heterocycles. The van der Waals surface area contributed by atoms with Crippen LogP contribution in [0.15, 0.2) is 0 Å². The predicted molar refractivity (Wildman–Crippen MR) is 50.2 cm³/mol. The number of carbonyl (C=O) groups is 1. The van der Waals surface area contributed by atoms with Gasteiger partial charge in [-0.2, -0.15) is 0 Å². The highest BCUT2D eigenvalue weighted by Crippen LogP contribution is 2.65. The van der Waals surface area contributed by atoms with Gasteiger partial charge in [-0.25, -0.2) is 0 Å². The topological polar surface area (TPSA) is 37.3 Å². The molecule has 0 aliphatic heterocycles. The summed E-state index contributed by atoms with van der Waals surface area (Å²) in [5, 5.41) is 10.2. The van der Waals surface area contributed by atoms with Gasteiger partial charge in [0.15, 0.2) is 5.78 Å². The molecule has 0 aromatic heterocycles. The van der Waals surface area contributed by atoms with Gasteiger partial charge in [-0.3, -0.25) is 4.79 Å². The normalized spacial score (nSPS) is 49.3. The van der Waals surface area contributed by atoms with Crippen molar-refractivity contribution < 1.29 is 9.90 Å². The number of carbonyl (C=O) groups excluding carboxylic acids is 1. The molecule has 0 amide bonds. The van der Waals surface area contributed by atoms with Crippen LogP contribution in [0.2, 0.25) is 0 Å². The first-order valence-electron chi connectivity index (χ1n) is 5.22. The third-order valence-electron chi connectivity index (χ3n) is 4.12. The number of fused-ring (bicyclic) bond motifs is 1. The first-order chi connectivity index (χ1) is 5.95. The van der Waals surface area contributed by atoms with E-state index < -0.39 is 5.60 Å². The number of hydrogen-bond donors (Lipinski definition) is 1. The highest BCUT2D eigenvalue weighted by molar-refractivity contribution is 6.11. The lowest BCUT2D eigenvalue weighted by molar-refractivity contribution is -0.116. The van der Waals surface area contributed by atoms with Crippen LogP contribution in [0.25, 0.3) is 0 Å². The maximum atomic E-state index is 11.7. The lowest BCUT2D eigenvalue weighted by Gasteiger charge is -2.30. The summed E-state index contributed by atoms with van der Waals surface area (Å²) in [4.78, 5) is 11.7. The van der Waals surface area contributed by atoms with Crippen molar-refractivity contribution in [2.45, 2.75) is 45.6 Å². The van der Waals surface area contributed by atoms with Crippen LogP contribution >= 0.6 is 0 Å². The molecule has 2 rings (SSSR count). The average molecular weight is 182 g/mol. The van der Waals surface area contributed by atoms with Crippen LogP contribution in [0.4, 0.5) is 0 Å². The van der Waals surface area contributed by atoms with Crippen molar-refractivity contribution in [3.05, 3.63) is 0 Å². The van der Waals surface area contributed by atoms with Gasteiger partial charge in [0, 0.05) is 0 Å². The maximum absolute atomic E-state index is 11.7. The Bertz CT molecular complexity index is 259. The van der Waals surface area contributed by atoms with E-state index >= 15 is 0 Å². The molecular weight excluding hydrogens is 164 g/mol. The summed E-state index contributed by atoms with van der Waals surface area (Å²) in [5.74, 6) is 0.903. The molecule has 3 atom stereocenters. The largest absolute Gasteiger partial charge is 0.381 e. The molecule has 2 aliphatic rings. The fourth-order valence-electron chi connectivity index (χ4n) is 3.19. The Morgan fingerprint density at radius 1 is 1.54 bits per heavy atom. The Balaban J connectivity index is 2.29. The molecule has 2 aliphatic carbocycles. The Labute approximate surface area is 79.3 Å². The van der Waals surface area contributed by atoms with Crippen LogP contribution in [-0.4, -0.2) is 16.5 Å². The third kappa shape index (κ3) is 0.850. The zero-order valence-electron chi connectivity index (χ0n) is 8.63. The zero-order chi connectivity index (χ0) is 9.85. The Kier molecular flexibility index (Phi) is 1.66. The number of ketones is 1. The van der Waals surface area contributed by atoms with Crippen LogP contribution in [0.1, 0.15) is 40.0 Å². The van der Waals surface area contributed by atoms with Gasteiger partial charge >= 0.3 is 0 Å². The molecule has 13 heavy (non-hydrogen) atoms. The minimum atomic E-state index is -0.946. The summed E-state index contributed by atoms with van der Waals surface area (Å²) in [7, 11) is 0. The molecule has 0 radical (unpaired) electrons. The van der Waals surface area contributed by atoms with E-state index in [0.29, 0.717) is 12.3 Å². The van der Waals surface area contributed by atoms with E-state index in [0.717, 1.165) is 12.8 Å². The van der Waals surface area contributed by atoms with Gasteiger partial charge in [0.25, 0.3) is 0 Å². The lowest BCUT2D eigenvalue weighted by Crippen LogP contribution is -2.31. The van der Waals surface area contributed by atoms with Crippen molar-refractivity contribution in [3.8, 4) is 0 Å². The molecule has 0 aromatic rings. The Hall–Kier alpha value is -0.370. The minimum absolute atomic E-state index is 0.111. The van der Waals surface area contributed by atoms with Crippen molar-refractivity contribution >= 4 is 5.78 Å². The van der Waals surface area contributed by atoms with E-state index in [-0.39, 0.29) is 17.1 Å². The van der Waals surface area contributed by atoms with Crippen LogP contribution in [0.5, 0.6) is 0 Å². The van der Waals surface area contributed by atoms with Crippen molar-refractivity contribution in [1.82, 2.24) is 0 Å². The van der Waals surface area contributed by atoms with E-state index in [9.17, 15) is 9.90 Å². The number of aliphatic hydroxyl groups is 1. The molecule has 2 nitrogen and oxygen atoms in total. The molecule has 1 N–H and O–H groups in total. The predicted octanol–water partition coefficient (Wildman–Crippen LogP) is 1.76. The summed E-state index contributed by atoms with van der Waals surface area (Å²) in [5.41, 5.74) is -1.31. The SMILES string of the molecule is CC(C)[C@@]12CC[C@@H](C)C[C@]1(O)C2=O. The fraction of sp³-hybridized carbons (Fsp3) is 0.909. The Morgan fingerprint density at radius 3 is 2.62 bits per heavy atom. The minimum Gasteiger partial charge on any atom is -0.381 e. The summed E-state index contributed by atoms with van der Waals surface area (Å²) in [6.07, 6.45) is 2.66. The van der Waals surface area contributed by atoms with E-state index in [2.05, 4.69) is 6.92 Å². The van der Waals surface area contributed by atoms with Gasteiger partial charge in [-0.1, -0.05) is 20.8 Å². The second-order valence-electron chi connectivity index (χ2n) is 5.16. The first kappa shape index (κ1) is 9.20. The molecule has 0 aromatic carbocycles. The van der Waals surface area contributed by atoms with Crippen LogP contribution < -0.4 is 0 Å². The van der Waals surface area contributed by atoms with Gasteiger partial charge in [0.2, 0.25) is 0 Å². The summed E-state index contributed by atoms with van der Waals surface area (Å²) in [6.45, 7) is 6.21. The zero-order valence-corrected chi connectivity index (χ0v) is 8.63.